The average molecular weight is 364 g/mol. The molecular weight excluding hydrogens is 340 g/mol. The Balaban J connectivity index is 1.52. The van der Waals surface area contributed by atoms with E-state index in [-0.39, 0.29) is 11.6 Å². The molecule has 3 heterocycles. The minimum absolute atomic E-state index is 0.192. The Morgan fingerprint density at radius 1 is 1.26 bits per heavy atom. The summed E-state index contributed by atoms with van der Waals surface area (Å²) in [6.45, 7) is 1.61. The smallest absolute Gasteiger partial charge is 0.264 e. The van der Waals surface area contributed by atoms with Gasteiger partial charge in [0.1, 0.15) is 17.7 Å². The van der Waals surface area contributed by atoms with Crippen LogP contribution in [0.5, 0.6) is 0 Å². The summed E-state index contributed by atoms with van der Waals surface area (Å²) in [7, 11) is 0. The number of nitrogens with zero attached hydrogens (tertiary/aromatic N) is 4. The minimum Gasteiger partial charge on any atom is -0.367 e. The lowest BCUT2D eigenvalue weighted by molar-refractivity contribution is 0.467. The summed E-state index contributed by atoms with van der Waals surface area (Å²) in [5.41, 5.74) is 2.79. The molecule has 2 aromatic heterocycles. The number of pyridine rings is 1. The van der Waals surface area contributed by atoms with Crippen LogP contribution in [-0.4, -0.2) is 34.3 Å². The first-order chi connectivity index (χ1) is 13.2. The molecule has 7 nitrogen and oxygen atoms in total. The fourth-order valence-electron chi connectivity index (χ4n) is 4.08. The third-order valence-corrected chi connectivity index (χ3v) is 5.51. The van der Waals surface area contributed by atoms with Gasteiger partial charge < -0.3 is 10.2 Å². The average Bonchev–Trinajstić information content (AvgIpc) is 2.72. The number of H-pyrrole nitrogens is 1. The molecule has 1 aliphatic carbocycles. The van der Waals surface area contributed by atoms with Crippen LogP contribution >= 0.6 is 0 Å². The van der Waals surface area contributed by atoms with Crippen molar-refractivity contribution in [1.82, 2.24) is 15.2 Å². The van der Waals surface area contributed by atoms with Crippen LogP contribution in [0.2, 0.25) is 0 Å². The largest absolute Gasteiger partial charge is 0.367 e. The Kier molecular flexibility index (Phi) is 5.05. The number of hydrogen-bond donors (Lipinski definition) is 2. The normalized spacial score (nSPS) is 19.2. The molecule has 0 amide bonds. The molecule has 0 bridgehead atoms. The highest BCUT2D eigenvalue weighted by Gasteiger charge is 2.24. The Bertz CT molecular complexity index is 895. The van der Waals surface area contributed by atoms with Gasteiger partial charge in [0.05, 0.1) is 5.56 Å². The summed E-state index contributed by atoms with van der Waals surface area (Å²) in [6, 6.07) is 7.84. The van der Waals surface area contributed by atoms with Gasteiger partial charge in [-0.25, -0.2) is 10.1 Å². The van der Waals surface area contributed by atoms with Gasteiger partial charge in [-0.3, -0.25) is 4.79 Å². The molecule has 7 heteroatoms. The Morgan fingerprint density at radius 2 is 2.15 bits per heavy atom. The van der Waals surface area contributed by atoms with Gasteiger partial charge in [-0.05, 0) is 62.6 Å². The number of nitrogens with one attached hydrogen (secondary N) is 2. The Hall–Kier alpha value is -2.88. The van der Waals surface area contributed by atoms with Gasteiger partial charge in [-0.1, -0.05) is 0 Å². The fraction of sp³-hybridized carbons (Fsp3) is 0.500. The van der Waals surface area contributed by atoms with Crippen LogP contribution in [0.4, 0.5) is 11.6 Å². The van der Waals surface area contributed by atoms with Crippen molar-refractivity contribution in [2.45, 2.75) is 51.0 Å². The molecule has 0 spiro atoms. The lowest BCUT2D eigenvalue weighted by atomic mass is 9.95. The Morgan fingerprint density at radius 3 is 2.96 bits per heavy atom. The predicted octanol–water partition coefficient (Wildman–Crippen LogP) is 2.39. The van der Waals surface area contributed by atoms with Gasteiger partial charge in [0.25, 0.3) is 5.56 Å². The molecule has 1 atom stereocenters. The fourth-order valence-corrected chi connectivity index (χ4v) is 4.08. The van der Waals surface area contributed by atoms with E-state index < -0.39 is 0 Å². The number of piperidine rings is 1. The molecule has 2 aromatic rings. The number of anilines is 2. The van der Waals surface area contributed by atoms with Gasteiger partial charge in [-0.2, -0.15) is 10.4 Å². The van der Waals surface area contributed by atoms with Crippen molar-refractivity contribution in [2.75, 3.05) is 23.3 Å². The zero-order valence-electron chi connectivity index (χ0n) is 15.4. The number of aromatic nitrogens is 3. The first-order valence-corrected chi connectivity index (χ1v) is 9.74. The lowest BCUT2D eigenvalue weighted by Crippen LogP contribution is -2.44. The van der Waals surface area contributed by atoms with Crippen LogP contribution < -0.4 is 15.8 Å². The van der Waals surface area contributed by atoms with E-state index in [1.54, 1.807) is 6.07 Å². The van der Waals surface area contributed by atoms with E-state index in [9.17, 15) is 10.1 Å². The number of fused-ring (bicyclic) bond motifs is 1. The van der Waals surface area contributed by atoms with Gasteiger partial charge >= 0.3 is 0 Å². The zero-order chi connectivity index (χ0) is 18.6. The molecular formula is C20H24N6O. The lowest BCUT2D eigenvalue weighted by Gasteiger charge is -2.36. The third-order valence-electron chi connectivity index (χ3n) is 5.51. The van der Waals surface area contributed by atoms with Crippen molar-refractivity contribution in [3.63, 3.8) is 0 Å². The van der Waals surface area contributed by atoms with Crippen LogP contribution in [0, 0.1) is 11.3 Å². The van der Waals surface area contributed by atoms with E-state index in [1.165, 1.54) is 24.5 Å². The van der Waals surface area contributed by atoms with Gasteiger partial charge in [-0.15, -0.1) is 0 Å². The molecule has 0 radical (unpaired) electrons. The number of hydrogen-bond acceptors (Lipinski definition) is 6. The maximum absolute atomic E-state index is 11.3. The van der Waals surface area contributed by atoms with Crippen molar-refractivity contribution in [3.05, 3.63) is 45.4 Å². The van der Waals surface area contributed by atoms with E-state index in [2.05, 4.69) is 26.5 Å². The first-order valence-electron chi connectivity index (χ1n) is 9.74. The van der Waals surface area contributed by atoms with Crippen LogP contribution in [0.1, 0.15) is 48.9 Å². The van der Waals surface area contributed by atoms with Crippen LogP contribution in [-0.2, 0) is 12.8 Å². The van der Waals surface area contributed by atoms with Gasteiger partial charge in [0, 0.05) is 30.9 Å². The summed E-state index contributed by atoms with van der Waals surface area (Å²) in [4.78, 5) is 18.3. The summed E-state index contributed by atoms with van der Waals surface area (Å²) >= 11 is 0. The van der Waals surface area contributed by atoms with Crippen molar-refractivity contribution < 1.29 is 0 Å². The van der Waals surface area contributed by atoms with Crippen molar-refractivity contribution in [1.29, 1.82) is 5.26 Å². The number of rotatable bonds is 4. The molecule has 1 aliphatic heterocycles. The third kappa shape index (κ3) is 3.80. The van der Waals surface area contributed by atoms with Crippen molar-refractivity contribution >= 4 is 11.6 Å². The number of aryl methyl sites for hydroxylation is 2. The second-order valence-corrected chi connectivity index (χ2v) is 7.31. The maximum Gasteiger partial charge on any atom is 0.264 e. The van der Waals surface area contributed by atoms with E-state index in [4.69, 9.17) is 4.98 Å². The SMILES string of the molecule is N#Cc1cc2c(nc1NCC1CCCCN1c1ccc(=O)[nH]n1)CCCC2. The minimum atomic E-state index is -0.192. The molecule has 0 aromatic carbocycles. The zero-order valence-corrected chi connectivity index (χ0v) is 15.4. The molecule has 0 saturated carbocycles. The first kappa shape index (κ1) is 17.5. The number of nitriles is 1. The van der Waals surface area contributed by atoms with Crippen LogP contribution in [0.25, 0.3) is 0 Å². The van der Waals surface area contributed by atoms with Crippen molar-refractivity contribution in [3.8, 4) is 6.07 Å². The second-order valence-electron chi connectivity index (χ2n) is 7.31. The van der Waals surface area contributed by atoms with E-state index >= 15 is 0 Å². The van der Waals surface area contributed by atoms with E-state index in [1.807, 2.05) is 6.07 Å². The molecule has 1 saturated heterocycles. The molecule has 2 aliphatic rings. The quantitative estimate of drug-likeness (QED) is 0.864. The topological polar surface area (TPSA) is 97.7 Å². The highest BCUT2D eigenvalue weighted by Crippen LogP contribution is 2.26. The summed E-state index contributed by atoms with van der Waals surface area (Å²) in [6.07, 6.45) is 7.67. The van der Waals surface area contributed by atoms with Gasteiger partial charge in [0.2, 0.25) is 0 Å². The molecule has 27 heavy (non-hydrogen) atoms. The summed E-state index contributed by atoms with van der Waals surface area (Å²) in [5, 5.41) is 19.7. The summed E-state index contributed by atoms with van der Waals surface area (Å²) in [5.74, 6) is 1.48. The van der Waals surface area contributed by atoms with E-state index in [0.717, 1.165) is 50.2 Å². The Labute approximate surface area is 158 Å². The molecule has 1 unspecified atom stereocenters. The predicted molar refractivity (Wildman–Crippen MR) is 104 cm³/mol. The molecule has 4 rings (SSSR count). The monoisotopic (exact) mass is 364 g/mol. The highest BCUT2D eigenvalue weighted by molar-refractivity contribution is 5.55. The highest BCUT2D eigenvalue weighted by atomic mass is 16.1. The number of aromatic amines is 1. The summed E-state index contributed by atoms with van der Waals surface area (Å²) < 4.78 is 0. The van der Waals surface area contributed by atoms with Crippen molar-refractivity contribution in [2.24, 2.45) is 0 Å². The molecule has 2 N–H and O–H groups in total. The maximum atomic E-state index is 11.3. The second kappa shape index (κ2) is 7.78. The van der Waals surface area contributed by atoms with E-state index in [0.29, 0.717) is 17.9 Å². The standard InChI is InChI=1S/C20H24N6O/c21-12-15-11-14-5-1-2-7-17(14)23-20(15)22-13-16-6-3-4-10-26(16)18-8-9-19(27)25-24-18/h8-9,11,16H,1-7,10,13H2,(H,22,23)(H,25,27). The van der Waals surface area contributed by atoms with Crippen LogP contribution in [0.3, 0.4) is 0 Å². The molecule has 140 valence electrons. The van der Waals surface area contributed by atoms with Gasteiger partial charge in [0.15, 0.2) is 0 Å². The van der Waals surface area contributed by atoms with Crippen LogP contribution in [0.15, 0.2) is 23.0 Å². The molecule has 1 fully saturated rings.